The molecule has 2 N–H and O–H groups in total. The number of nitrogen functional groups attached to an aromatic ring is 1. The quantitative estimate of drug-likeness (QED) is 0.877. The molecule has 1 heterocycles. The zero-order valence-electron chi connectivity index (χ0n) is 10.2. The number of rotatable bonds is 3. The molecule has 0 atom stereocenters. The molecule has 17 heavy (non-hydrogen) atoms. The van der Waals surface area contributed by atoms with Gasteiger partial charge in [-0.05, 0) is 17.9 Å². The lowest BCUT2D eigenvalue weighted by Gasteiger charge is -2.06. The van der Waals surface area contributed by atoms with E-state index in [2.05, 4.69) is 48.1 Å². The average molecular weight is 227 g/mol. The number of hydrogen-bond donors (Lipinski definition) is 1. The highest BCUT2D eigenvalue weighted by Crippen LogP contribution is 2.17. The largest absolute Gasteiger partial charge is 0.396 e. The van der Waals surface area contributed by atoms with E-state index in [1.54, 1.807) is 12.4 Å². The van der Waals surface area contributed by atoms with Crippen LogP contribution in [-0.4, -0.2) is 9.97 Å². The summed E-state index contributed by atoms with van der Waals surface area (Å²) in [6, 6.07) is 8.39. The summed E-state index contributed by atoms with van der Waals surface area (Å²) in [4.78, 5) is 8.41. The topological polar surface area (TPSA) is 51.8 Å². The van der Waals surface area contributed by atoms with Crippen molar-refractivity contribution in [2.24, 2.45) is 5.92 Å². The van der Waals surface area contributed by atoms with Crippen LogP contribution in [0.4, 0.5) is 5.69 Å². The Morgan fingerprint density at radius 1 is 1.06 bits per heavy atom. The molecule has 2 rings (SSSR count). The van der Waals surface area contributed by atoms with Crippen LogP contribution in [0.2, 0.25) is 0 Å². The minimum absolute atomic E-state index is 0.588. The fraction of sp³-hybridized carbons (Fsp3) is 0.286. The first kappa shape index (κ1) is 11.6. The van der Waals surface area contributed by atoms with Gasteiger partial charge in [-0.1, -0.05) is 38.1 Å². The number of aromatic nitrogens is 2. The molecule has 88 valence electrons. The van der Waals surface area contributed by atoms with E-state index >= 15 is 0 Å². The highest BCUT2D eigenvalue weighted by atomic mass is 14.9. The summed E-state index contributed by atoms with van der Waals surface area (Å²) >= 11 is 0. The molecular weight excluding hydrogens is 210 g/mol. The highest BCUT2D eigenvalue weighted by Gasteiger charge is 2.02. The average Bonchev–Trinajstić information content (AvgIpc) is 2.30. The lowest BCUT2D eigenvalue weighted by molar-refractivity contribution is 0.647. The lowest BCUT2D eigenvalue weighted by Crippen LogP contribution is -1.95. The van der Waals surface area contributed by atoms with Gasteiger partial charge >= 0.3 is 0 Å². The van der Waals surface area contributed by atoms with Crippen molar-refractivity contribution in [2.75, 3.05) is 5.73 Å². The molecule has 0 bridgehead atoms. The first-order chi connectivity index (χ1) is 8.15. The van der Waals surface area contributed by atoms with E-state index < -0.39 is 0 Å². The first-order valence-corrected chi connectivity index (χ1v) is 5.82. The highest BCUT2D eigenvalue weighted by molar-refractivity contribution is 5.56. The van der Waals surface area contributed by atoms with Gasteiger partial charge in [0.1, 0.15) is 0 Å². The lowest BCUT2D eigenvalue weighted by atomic mass is 10.0. The molecule has 1 aromatic carbocycles. The van der Waals surface area contributed by atoms with Gasteiger partial charge in [-0.15, -0.1) is 0 Å². The molecule has 0 aliphatic carbocycles. The van der Waals surface area contributed by atoms with Crippen LogP contribution in [0.3, 0.4) is 0 Å². The van der Waals surface area contributed by atoms with Gasteiger partial charge in [0.2, 0.25) is 0 Å². The fourth-order valence-corrected chi connectivity index (χ4v) is 1.75. The summed E-state index contributed by atoms with van der Waals surface area (Å²) in [6.45, 7) is 4.44. The molecule has 0 aliphatic rings. The molecule has 0 fully saturated rings. The van der Waals surface area contributed by atoms with Crippen molar-refractivity contribution in [2.45, 2.75) is 20.3 Å². The van der Waals surface area contributed by atoms with Crippen molar-refractivity contribution in [1.82, 2.24) is 9.97 Å². The van der Waals surface area contributed by atoms with Crippen molar-refractivity contribution in [3.63, 3.8) is 0 Å². The van der Waals surface area contributed by atoms with Crippen LogP contribution in [0.15, 0.2) is 36.7 Å². The van der Waals surface area contributed by atoms with E-state index in [-0.39, 0.29) is 0 Å². The third kappa shape index (κ3) is 3.03. The molecular formula is C14H17N3. The molecule has 0 aliphatic heterocycles. The van der Waals surface area contributed by atoms with Gasteiger partial charge in [0.05, 0.1) is 18.1 Å². The summed E-state index contributed by atoms with van der Waals surface area (Å²) < 4.78 is 0. The first-order valence-electron chi connectivity index (χ1n) is 5.82. The van der Waals surface area contributed by atoms with Crippen LogP contribution in [0.1, 0.15) is 19.4 Å². The number of hydrogen-bond acceptors (Lipinski definition) is 3. The fourth-order valence-electron chi connectivity index (χ4n) is 1.75. The summed E-state index contributed by atoms with van der Waals surface area (Å²) in [5, 5.41) is 0. The Morgan fingerprint density at radius 3 is 2.18 bits per heavy atom. The molecule has 0 saturated heterocycles. The van der Waals surface area contributed by atoms with E-state index in [0.29, 0.717) is 11.6 Å². The molecule has 3 nitrogen and oxygen atoms in total. The van der Waals surface area contributed by atoms with Crippen LogP contribution in [0.25, 0.3) is 11.4 Å². The number of anilines is 1. The van der Waals surface area contributed by atoms with Gasteiger partial charge in [0.15, 0.2) is 5.82 Å². The van der Waals surface area contributed by atoms with Gasteiger partial charge in [0.25, 0.3) is 0 Å². The standard InChI is InChI=1S/C14H17N3/c1-10(2)7-11-3-5-12(6-4-11)14-16-8-13(15)9-17-14/h3-6,8-10H,7,15H2,1-2H3. The third-order valence-electron chi connectivity index (χ3n) is 2.53. The number of nitrogens with zero attached hydrogens (tertiary/aromatic N) is 2. The SMILES string of the molecule is CC(C)Cc1ccc(-c2ncc(N)cn2)cc1. The summed E-state index contributed by atoms with van der Waals surface area (Å²) in [6.07, 6.45) is 4.36. The molecule has 0 spiro atoms. The Labute approximate surface area is 102 Å². The maximum atomic E-state index is 5.56. The van der Waals surface area contributed by atoms with E-state index in [9.17, 15) is 0 Å². The van der Waals surface area contributed by atoms with Gasteiger partial charge in [0, 0.05) is 5.56 Å². The van der Waals surface area contributed by atoms with Crippen molar-refractivity contribution in [1.29, 1.82) is 0 Å². The number of benzene rings is 1. The molecule has 2 aromatic rings. The van der Waals surface area contributed by atoms with Crippen LogP contribution in [0.5, 0.6) is 0 Å². The molecule has 0 radical (unpaired) electrons. The second kappa shape index (κ2) is 4.95. The minimum atomic E-state index is 0.588. The van der Waals surface area contributed by atoms with E-state index in [0.717, 1.165) is 17.8 Å². The Bertz CT molecular complexity index is 472. The zero-order chi connectivity index (χ0) is 12.3. The van der Waals surface area contributed by atoms with Crippen molar-refractivity contribution in [3.8, 4) is 11.4 Å². The van der Waals surface area contributed by atoms with Crippen LogP contribution < -0.4 is 5.73 Å². The molecule has 0 amide bonds. The van der Waals surface area contributed by atoms with Crippen LogP contribution in [-0.2, 0) is 6.42 Å². The Hall–Kier alpha value is -1.90. The summed E-state index contributed by atoms with van der Waals surface area (Å²) in [5.74, 6) is 1.39. The second-order valence-electron chi connectivity index (χ2n) is 4.63. The molecule has 3 heteroatoms. The Balaban J connectivity index is 2.20. The van der Waals surface area contributed by atoms with Crippen LogP contribution >= 0.6 is 0 Å². The van der Waals surface area contributed by atoms with Crippen molar-refractivity contribution < 1.29 is 0 Å². The van der Waals surface area contributed by atoms with E-state index in [1.165, 1.54) is 5.56 Å². The molecule has 1 aromatic heterocycles. The van der Waals surface area contributed by atoms with Crippen molar-refractivity contribution >= 4 is 5.69 Å². The van der Waals surface area contributed by atoms with Gasteiger partial charge in [-0.25, -0.2) is 9.97 Å². The van der Waals surface area contributed by atoms with E-state index in [4.69, 9.17) is 5.73 Å². The minimum Gasteiger partial charge on any atom is -0.396 e. The predicted molar refractivity (Wildman–Crippen MR) is 70.4 cm³/mol. The molecule has 0 unspecified atom stereocenters. The predicted octanol–water partition coefficient (Wildman–Crippen LogP) is 2.92. The Kier molecular flexibility index (Phi) is 3.38. The van der Waals surface area contributed by atoms with Crippen molar-refractivity contribution in [3.05, 3.63) is 42.2 Å². The summed E-state index contributed by atoms with van der Waals surface area (Å²) in [7, 11) is 0. The Morgan fingerprint density at radius 2 is 1.65 bits per heavy atom. The molecule has 0 saturated carbocycles. The maximum absolute atomic E-state index is 5.56. The summed E-state index contributed by atoms with van der Waals surface area (Å²) in [5.41, 5.74) is 8.52. The monoisotopic (exact) mass is 227 g/mol. The zero-order valence-corrected chi connectivity index (χ0v) is 10.2. The maximum Gasteiger partial charge on any atom is 0.159 e. The van der Waals surface area contributed by atoms with Gasteiger partial charge in [-0.2, -0.15) is 0 Å². The number of nitrogens with two attached hydrogens (primary N) is 1. The van der Waals surface area contributed by atoms with E-state index in [1.807, 2.05) is 0 Å². The normalized spacial score (nSPS) is 10.8. The van der Waals surface area contributed by atoms with Gasteiger partial charge < -0.3 is 5.73 Å². The van der Waals surface area contributed by atoms with Gasteiger partial charge in [-0.3, -0.25) is 0 Å². The second-order valence-corrected chi connectivity index (χ2v) is 4.63. The van der Waals surface area contributed by atoms with Crippen LogP contribution in [0, 0.1) is 5.92 Å². The third-order valence-corrected chi connectivity index (χ3v) is 2.53. The smallest absolute Gasteiger partial charge is 0.159 e.